The fraction of sp³-hybridized carbons (Fsp3) is 0.150. The summed E-state index contributed by atoms with van der Waals surface area (Å²) in [6.45, 7) is 1.70. The maximum absolute atomic E-state index is 12.1. The molecule has 1 aliphatic rings. The molecule has 0 atom stereocenters. The van der Waals surface area contributed by atoms with Crippen LogP contribution in [-0.2, 0) is 14.3 Å². The molecule has 0 amide bonds. The molecule has 0 unspecified atom stereocenters. The van der Waals surface area contributed by atoms with E-state index in [0.29, 0.717) is 27.6 Å². The van der Waals surface area contributed by atoms with Crippen molar-refractivity contribution in [2.75, 3.05) is 7.11 Å². The summed E-state index contributed by atoms with van der Waals surface area (Å²) in [6, 6.07) is 11.8. The first-order valence-corrected chi connectivity index (χ1v) is 8.55. The molecular formula is C20H16ClNO5. The number of aliphatic imine (C=N–C) groups is 1. The molecule has 7 heteroatoms. The second kappa shape index (κ2) is 8.05. The first-order valence-electron chi connectivity index (χ1n) is 8.17. The number of nitrogens with zero attached hydrogens (tertiary/aromatic N) is 1. The summed E-state index contributed by atoms with van der Waals surface area (Å²) in [5, 5.41) is 0.579. The second-order valence-corrected chi connectivity index (χ2v) is 6.02. The quantitative estimate of drug-likeness (QED) is 0.441. The molecule has 6 nitrogen and oxygen atoms in total. The maximum Gasteiger partial charge on any atom is 0.363 e. The van der Waals surface area contributed by atoms with Crippen molar-refractivity contribution in [1.29, 1.82) is 0 Å². The van der Waals surface area contributed by atoms with E-state index >= 15 is 0 Å². The summed E-state index contributed by atoms with van der Waals surface area (Å²) in [4.78, 5) is 27.8. The molecule has 0 bridgehead atoms. The lowest BCUT2D eigenvalue weighted by molar-refractivity contribution is -0.134. The van der Waals surface area contributed by atoms with Crippen LogP contribution >= 0.6 is 11.6 Å². The second-order valence-electron chi connectivity index (χ2n) is 5.58. The van der Waals surface area contributed by atoms with Gasteiger partial charge in [0.25, 0.3) is 0 Å². The third kappa shape index (κ3) is 4.35. The van der Waals surface area contributed by atoms with E-state index < -0.39 is 5.97 Å². The van der Waals surface area contributed by atoms with Gasteiger partial charge < -0.3 is 14.2 Å². The van der Waals surface area contributed by atoms with E-state index in [4.69, 9.17) is 25.8 Å². The van der Waals surface area contributed by atoms with E-state index in [1.54, 1.807) is 55.5 Å². The Hall–Kier alpha value is -3.12. The molecule has 1 aliphatic heterocycles. The molecule has 27 heavy (non-hydrogen) atoms. The number of carbonyl (C=O) groups excluding carboxylic acids is 2. The summed E-state index contributed by atoms with van der Waals surface area (Å²) in [5.41, 5.74) is 1.45. The van der Waals surface area contributed by atoms with Crippen LogP contribution in [0, 0.1) is 0 Å². The van der Waals surface area contributed by atoms with E-state index in [0.717, 1.165) is 0 Å². The van der Waals surface area contributed by atoms with Crippen LogP contribution in [0.1, 0.15) is 24.5 Å². The summed E-state index contributed by atoms with van der Waals surface area (Å²) in [5.74, 6) is -0.0231. The topological polar surface area (TPSA) is 74.2 Å². The van der Waals surface area contributed by atoms with Gasteiger partial charge in [0.1, 0.15) is 0 Å². The number of halogens is 1. The lowest BCUT2D eigenvalue weighted by Crippen LogP contribution is -2.06. The van der Waals surface area contributed by atoms with Crippen LogP contribution in [0.4, 0.5) is 0 Å². The van der Waals surface area contributed by atoms with Crippen molar-refractivity contribution >= 4 is 35.5 Å². The van der Waals surface area contributed by atoms with E-state index in [9.17, 15) is 9.59 Å². The number of benzene rings is 2. The lowest BCUT2D eigenvalue weighted by Gasteiger charge is -2.09. The van der Waals surface area contributed by atoms with Crippen LogP contribution < -0.4 is 9.47 Å². The van der Waals surface area contributed by atoms with Gasteiger partial charge in [0.2, 0.25) is 5.90 Å². The fourth-order valence-corrected chi connectivity index (χ4v) is 2.46. The Morgan fingerprint density at radius 1 is 1.19 bits per heavy atom. The number of esters is 2. The van der Waals surface area contributed by atoms with Crippen molar-refractivity contribution in [3.05, 3.63) is 64.3 Å². The minimum Gasteiger partial charge on any atom is -0.493 e. The van der Waals surface area contributed by atoms with Crippen LogP contribution in [0.3, 0.4) is 0 Å². The summed E-state index contributed by atoms with van der Waals surface area (Å²) >= 11 is 5.86. The molecule has 0 N–H and O–H groups in total. The van der Waals surface area contributed by atoms with Crippen molar-refractivity contribution in [2.45, 2.75) is 13.3 Å². The van der Waals surface area contributed by atoms with Crippen molar-refractivity contribution in [3.63, 3.8) is 0 Å². The molecule has 0 spiro atoms. The predicted octanol–water partition coefficient (Wildman–Crippen LogP) is 4.01. The number of carbonyl (C=O) groups is 2. The van der Waals surface area contributed by atoms with Gasteiger partial charge in [0.05, 0.1) is 7.11 Å². The van der Waals surface area contributed by atoms with E-state index in [2.05, 4.69) is 4.99 Å². The zero-order valence-corrected chi connectivity index (χ0v) is 15.4. The Labute approximate surface area is 161 Å². The molecule has 2 aromatic carbocycles. The number of hydrogen-bond acceptors (Lipinski definition) is 6. The highest BCUT2D eigenvalue weighted by molar-refractivity contribution is 6.30. The molecule has 2 aromatic rings. The Morgan fingerprint density at radius 2 is 1.93 bits per heavy atom. The van der Waals surface area contributed by atoms with Crippen LogP contribution in [0.5, 0.6) is 11.5 Å². The lowest BCUT2D eigenvalue weighted by atomic mass is 10.1. The third-order valence-electron chi connectivity index (χ3n) is 3.72. The van der Waals surface area contributed by atoms with Crippen LogP contribution in [-0.4, -0.2) is 24.9 Å². The van der Waals surface area contributed by atoms with Gasteiger partial charge in [-0.3, -0.25) is 4.79 Å². The highest BCUT2D eigenvalue weighted by Gasteiger charge is 2.24. The highest BCUT2D eigenvalue weighted by Crippen LogP contribution is 2.30. The van der Waals surface area contributed by atoms with Gasteiger partial charge in [-0.2, -0.15) is 0 Å². The van der Waals surface area contributed by atoms with Gasteiger partial charge in [0, 0.05) is 17.0 Å². The minimum absolute atomic E-state index is 0.153. The molecule has 0 aromatic heterocycles. The average molecular weight is 386 g/mol. The number of cyclic esters (lactones) is 1. The standard InChI is InChI=1S/C20H16ClNO5/c1-3-18(23)26-16-9-4-12(11-17(16)25-2)10-15-20(24)27-19(22-15)13-5-7-14(21)8-6-13/h4-11H,3H2,1-2H3/b15-10-. The Kier molecular flexibility index (Phi) is 5.57. The van der Waals surface area contributed by atoms with Gasteiger partial charge >= 0.3 is 11.9 Å². The predicted molar refractivity (Wildman–Crippen MR) is 101 cm³/mol. The summed E-state index contributed by atoms with van der Waals surface area (Å²) < 4.78 is 15.7. The molecule has 0 aliphatic carbocycles. The van der Waals surface area contributed by atoms with E-state index in [1.807, 2.05) is 0 Å². The molecule has 0 saturated carbocycles. The zero-order chi connectivity index (χ0) is 19.4. The third-order valence-corrected chi connectivity index (χ3v) is 3.97. The number of hydrogen-bond donors (Lipinski definition) is 0. The molecule has 0 fully saturated rings. The zero-order valence-electron chi connectivity index (χ0n) is 14.7. The average Bonchev–Trinajstić information content (AvgIpc) is 3.03. The molecule has 0 radical (unpaired) electrons. The van der Waals surface area contributed by atoms with E-state index in [-0.39, 0.29) is 24.0 Å². The highest BCUT2D eigenvalue weighted by atomic mass is 35.5. The van der Waals surface area contributed by atoms with Gasteiger partial charge in [-0.1, -0.05) is 24.6 Å². The van der Waals surface area contributed by atoms with Gasteiger partial charge in [-0.25, -0.2) is 9.79 Å². The van der Waals surface area contributed by atoms with Crippen molar-refractivity contribution in [2.24, 2.45) is 4.99 Å². The summed E-state index contributed by atoms with van der Waals surface area (Å²) in [7, 11) is 1.47. The van der Waals surface area contributed by atoms with Crippen molar-refractivity contribution < 1.29 is 23.8 Å². The molecule has 3 rings (SSSR count). The maximum atomic E-state index is 12.1. The Morgan fingerprint density at radius 3 is 2.59 bits per heavy atom. The molecular weight excluding hydrogens is 370 g/mol. The largest absolute Gasteiger partial charge is 0.493 e. The monoisotopic (exact) mass is 385 g/mol. The van der Waals surface area contributed by atoms with E-state index in [1.165, 1.54) is 7.11 Å². The van der Waals surface area contributed by atoms with Gasteiger partial charge in [0.15, 0.2) is 17.2 Å². The smallest absolute Gasteiger partial charge is 0.363 e. The van der Waals surface area contributed by atoms with Gasteiger partial charge in [-0.15, -0.1) is 0 Å². The molecule has 1 heterocycles. The number of ether oxygens (including phenoxy) is 3. The SMILES string of the molecule is CCC(=O)Oc1ccc(/C=C2\N=C(c3ccc(Cl)cc3)OC2=O)cc1OC. The normalized spacial score (nSPS) is 14.7. The first kappa shape index (κ1) is 18.7. The van der Waals surface area contributed by atoms with Crippen LogP contribution in [0.25, 0.3) is 6.08 Å². The summed E-state index contributed by atoms with van der Waals surface area (Å²) in [6.07, 6.45) is 1.82. The van der Waals surface area contributed by atoms with Crippen molar-refractivity contribution in [1.82, 2.24) is 0 Å². The molecule has 0 saturated heterocycles. The Bertz CT molecular complexity index is 947. The first-order chi connectivity index (χ1) is 13.0. The number of rotatable bonds is 5. The van der Waals surface area contributed by atoms with Crippen LogP contribution in [0.2, 0.25) is 5.02 Å². The Balaban J connectivity index is 1.88. The minimum atomic E-state index is -0.555. The van der Waals surface area contributed by atoms with Crippen LogP contribution in [0.15, 0.2) is 53.2 Å². The molecule has 138 valence electrons. The van der Waals surface area contributed by atoms with Crippen molar-refractivity contribution in [3.8, 4) is 11.5 Å². The van der Waals surface area contributed by atoms with Gasteiger partial charge in [-0.05, 0) is 48.0 Å². The fourth-order valence-electron chi connectivity index (χ4n) is 2.34. The number of methoxy groups -OCH3 is 1.